The fraction of sp³-hybridized carbons (Fsp3) is 0.235. The van der Waals surface area contributed by atoms with Gasteiger partial charge in [0.2, 0.25) is 0 Å². The molecule has 4 heteroatoms. The van der Waals surface area contributed by atoms with Crippen molar-refractivity contribution >= 4 is 17.5 Å². The van der Waals surface area contributed by atoms with E-state index in [9.17, 15) is 9.90 Å². The molecule has 0 saturated carbocycles. The van der Waals surface area contributed by atoms with Gasteiger partial charge in [0.25, 0.3) is 5.91 Å². The number of rotatable bonds is 1. The van der Waals surface area contributed by atoms with E-state index >= 15 is 0 Å². The second-order valence-electron chi connectivity index (χ2n) is 5.39. The molecule has 0 saturated heterocycles. The van der Waals surface area contributed by atoms with Crippen LogP contribution in [0.3, 0.4) is 0 Å². The summed E-state index contributed by atoms with van der Waals surface area (Å²) < 4.78 is 0. The molecule has 2 aromatic carbocycles. The third kappa shape index (κ3) is 2.74. The van der Waals surface area contributed by atoms with Gasteiger partial charge in [0.05, 0.1) is 0 Å². The lowest BCUT2D eigenvalue weighted by molar-refractivity contribution is 0.0734. The van der Waals surface area contributed by atoms with Crippen molar-refractivity contribution in [1.29, 1.82) is 0 Å². The summed E-state index contributed by atoms with van der Waals surface area (Å²) in [7, 11) is 0. The Morgan fingerprint density at radius 2 is 2.00 bits per heavy atom. The van der Waals surface area contributed by atoms with Crippen LogP contribution in [0.1, 0.15) is 27.0 Å². The van der Waals surface area contributed by atoms with E-state index in [2.05, 4.69) is 0 Å². The molecule has 0 fully saturated rings. The molecule has 2 aromatic rings. The Labute approximate surface area is 128 Å². The van der Waals surface area contributed by atoms with Crippen LogP contribution in [-0.4, -0.2) is 22.5 Å². The van der Waals surface area contributed by atoms with E-state index in [-0.39, 0.29) is 11.7 Å². The number of carbonyl (C=O) groups excluding carboxylic acids is 1. The van der Waals surface area contributed by atoms with Crippen molar-refractivity contribution in [3.05, 3.63) is 63.7 Å². The van der Waals surface area contributed by atoms with Gasteiger partial charge in [-0.25, -0.2) is 0 Å². The molecule has 0 unspecified atom stereocenters. The van der Waals surface area contributed by atoms with E-state index in [1.807, 2.05) is 25.1 Å². The molecule has 1 aliphatic rings. The second-order valence-corrected chi connectivity index (χ2v) is 5.80. The number of aromatic hydroxyl groups is 1. The zero-order valence-corrected chi connectivity index (χ0v) is 12.5. The predicted molar refractivity (Wildman–Crippen MR) is 82.7 cm³/mol. The summed E-state index contributed by atoms with van der Waals surface area (Å²) in [6.45, 7) is 3.12. The maximum absolute atomic E-state index is 12.6. The molecule has 0 atom stereocenters. The van der Waals surface area contributed by atoms with Gasteiger partial charge in [-0.1, -0.05) is 23.7 Å². The normalized spacial score (nSPS) is 13.9. The number of carbonyl (C=O) groups is 1. The SMILES string of the molecule is Cc1ccc(C(=O)N2CCc3ccc(O)cc3C2)cc1Cl. The highest BCUT2D eigenvalue weighted by Crippen LogP contribution is 2.25. The summed E-state index contributed by atoms with van der Waals surface area (Å²) >= 11 is 6.09. The average Bonchev–Trinajstić information content (AvgIpc) is 2.48. The zero-order chi connectivity index (χ0) is 15.0. The van der Waals surface area contributed by atoms with Crippen LogP contribution in [0.15, 0.2) is 36.4 Å². The van der Waals surface area contributed by atoms with Gasteiger partial charge in [0.15, 0.2) is 0 Å². The minimum absolute atomic E-state index is 0.0223. The number of amides is 1. The first-order valence-corrected chi connectivity index (χ1v) is 7.28. The fourth-order valence-corrected chi connectivity index (χ4v) is 2.81. The van der Waals surface area contributed by atoms with E-state index in [1.165, 1.54) is 5.56 Å². The van der Waals surface area contributed by atoms with Crippen LogP contribution in [0.2, 0.25) is 5.02 Å². The minimum Gasteiger partial charge on any atom is -0.508 e. The summed E-state index contributed by atoms with van der Waals surface area (Å²) in [5.41, 5.74) is 3.77. The van der Waals surface area contributed by atoms with Crippen LogP contribution < -0.4 is 0 Å². The standard InChI is InChI=1S/C17H16ClNO2/c1-11-2-3-13(9-16(11)18)17(21)19-7-6-12-4-5-15(20)8-14(12)10-19/h2-5,8-9,20H,6-7,10H2,1H3. The quantitative estimate of drug-likeness (QED) is 0.875. The van der Waals surface area contributed by atoms with Crippen LogP contribution in [0, 0.1) is 6.92 Å². The topological polar surface area (TPSA) is 40.5 Å². The van der Waals surface area contributed by atoms with E-state index in [1.54, 1.807) is 23.1 Å². The van der Waals surface area contributed by atoms with Crippen LogP contribution in [0.4, 0.5) is 0 Å². The molecule has 1 N–H and O–H groups in total. The lowest BCUT2D eigenvalue weighted by atomic mass is 9.98. The van der Waals surface area contributed by atoms with Crippen molar-refractivity contribution in [3.8, 4) is 5.75 Å². The van der Waals surface area contributed by atoms with Crippen molar-refractivity contribution in [2.24, 2.45) is 0 Å². The largest absolute Gasteiger partial charge is 0.508 e. The summed E-state index contributed by atoms with van der Waals surface area (Å²) in [5, 5.41) is 10.2. The Bertz CT molecular complexity index is 712. The van der Waals surface area contributed by atoms with E-state index < -0.39 is 0 Å². The smallest absolute Gasteiger partial charge is 0.254 e. The highest BCUT2D eigenvalue weighted by molar-refractivity contribution is 6.31. The average molecular weight is 302 g/mol. The Balaban J connectivity index is 1.85. The van der Waals surface area contributed by atoms with Gasteiger partial charge >= 0.3 is 0 Å². The number of benzene rings is 2. The van der Waals surface area contributed by atoms with E-state index in [0.29, 0.717) is 23.7 Å². The van der Waals surface area contributed by atoms with Gasteiger partial charge in [0.1, 0.15) is 5.75 Å². The van der Waals surface area contributed by atoms with Crippen molar-refractivity contribution in [1.82, 2.24) is 4.90 Å². The maximum Gasteiger partial charge on any atom is 0.254 e. The second kappa shape index (κ2) is 5.41. The van der Waals surface area contributed by atoms with Gasteiger partial charge in [-0.15, -0.1) is 0 Å². The molecule has 1 aliphatic heterocycles. The van der Waals surface area contributed by atoms with Gasteiger partial charge in [-0.3, -0.25) is 4.79 Å². The lowest BCUT2D eigenvalue weighted by Crippen LogP contribution is -2.35. The lowest BCUT2D eigenvalue weighted by Gasteiger charge is -2.29. The monoisotopic (exact) mass is 301 g/mol. The number of phenols is 1. The van der Waals surface area contributed by atoms with E-state index in [0.717, 1.165) is 17.5 Å². The molecule has 3 nitrogen and oxygen atoms in total. The minimum atomic E-state index is -0.0223. The van der Waals surface area contributed by atoms with Crippen LogP contribution in [0.5, 0.6) is 5.75 Å². The first-order valence-electron chi connectivity index (χ1n) is 6.91. The molecule has 0 aliphatic carbocycles. The molecule has 0 radical (unpaired) electrons. The Hall–Kier alpha value is -2.00. The van der Waals surface area contributed by atoms with Crippen LogP contribution in [-0.2, 0) is 13.0 Å². The van der Waals surface area contributed by atoms with Crippen molar-refractivity contribution < 1.29 is 9.90 Å². The number of hydrogen-bond donors (Lipinski definition) is 1. The molecule has 3 rings (SSSR count). The molecule has 1 heterocycles. The van der Waals surface area contributed by atoms with Gasteiger partial charge < -0.3 is 10.0 Å². The number of fused-ring (bicyclic) bond motifs is 1. The number of hydrogen-bond acceptors (Lipinski definition) is 2. The van der Waals surface area contributed by atoms with Crippen molar-refractivity contribution in [2.75, 3.05) is 6.54 Å². The number of halogens is 1. The van der Waals surface area contributed by atoms with Gasteiger partial charge in [0, 0.05) is 23.7 Å². The van der Waals surface area contributed by atoms with Gasteiger partial charge in [-0.05, 0) is 54.3 Å². The fourth-order valence-electron chi connectivity index (χ4n) is 2.63. The Kier molecular flexibility index (Phi) is 3.60. The first kappa shape index (κ1) is 14.0. The Morgan fingerprint density at radius 1 is 1.19 bits per heavy atom. The molecule has 0 spiro atoms. The van der Waals surface area contributed by atoms with Crippen LogP contribution in [0.25, 0.3) is 0 Å². The van der Waals surface area contributed by atoms with Crippen LogP contribution >= 0.6 is 11.6 Å². The maximum atomic E-state index is 12.6. The Morgan fingerprint density at radius 3 is 2.76 bits per heavy atom. The molecule has 1 amide bonds. The summed E-state index contributed by atoms with van der Waals surface area (Å²) in [5.74, 6) is 0.215. The highest BCUT2D eigenvalue weighted by atomic mass is 35.5. The third-order valence-electron chi connectivity index (χ3n) is 3.91. The molecule has 0 aromatic heterocycles. The molecule has 21 heavy (non-hydrogen) atoms. The summed E-state index contributed by atoms with van der Waals surface area (Å²) in [4.78, 5) is 14.4. The number of nitrogens with zero attached hydrogens (tertiary/aromatic N) is 1. The predicted octanol–water partition coefficient (Wildman–Crippen LogP) is 3.55. The highest BCUT2D eigenvalue weighted by Gasteiger charge is 2.22. The molecule has 108 valence electrons. The van der Waals surface area contributed by atoms with E-state index in [4.69, 9.17) is 11.6 Å². The summed E-state index contributed by atoms with van der Waals surface area (Å²) in [6.07, 6.45) is 0.806. The molecular formula is C17H16ClNO2. The van der Waals surface area contributed by atoms with Gasteiger partial charge in [-0.2, -0.15) is 0 Å². The first-order chi connectivity index (χ1) is 10.0. The van der Waals surface area contributed by atoms with Crippen molar-refractivity contribution in [3.63, 3.8) is 0 Å². The molecule has 0 bridgehead atoms. The molecular weight excluding hydrogens is 286 g/mol. The number of aryl methyl sites for hydroxylation is 1. The number of phenolic OH excluding ortho intramolecular Hbond substituents is 1. The summed E-state index contributed by atoms with van der Waals surface area (Å²) in [6, 6.07) is 10.7. The van der Waals surface area contributed by atoms with Crippen molar-refractivity contribution in [2.45, 2.75) is 19.9 Å². The zero-order valence-electron chi connectivity index (χ0n) is 11.8. The third-order valence-corrected chi connectivity index (χ3v) is 4.32.